The standard InChI is InChI=1S/C26H21FN2O3S/c27-18-10-13-23-22(14-18)29-26(33-23)28-19-11-8-16(9-12-19)15-4-6-17(7-5-15)24(30)20-2-1-3-21(20)25(31)32/h4-14,20-21H,1-3H2,(H,28,29)(H,31,32)/t20-,21-/m0/s1. The van der Waals surface area contributed by atoms with Gasteiger partial charge in [0.15, 0.2) is 10.9 Å². The van der Waals surface area contributed by atoms with Gasteiger partial charge in [-0.2, -0.15) is 0 Å². The van der Waals surface area contributed by atoms with Gasteiger partial charge in [0, 0.05) is 23.2 Å². The Morgan fingerprint density at radius 3 is 2.30 bits per heavy atom. The molecule has 1 fully saturated rings. The van der Waals surface area contributed by atoms with Gasteiger partial charge in [0.05, 0.1) is 16.1 Å². The molecule has 4 aromatic rings. The number of carbonyl (C=O) groups excluding carboxylic acids is 1. The van der Waals surface area contributed by atoms with Gasteiger partial charge in [0.2, 0.25) is 0 Å². The number of aliphatic carboxylic acids is 1. The summed E-state index contributed by atoms with van der Waals surface area (Å²) in [5, 5.41) is 13.3. The second kappa shape index (κ2) is 8.75. The summed E-state index contributed by atoms with van der Waals surface area (Å²) in [5.41, 5.74) is 4.01. The van der Waals surface area contributed by atoms with Crippen molar-refractivity contribution in [2.24, 2.45) is 11.8 Å². The number of hydrogen-bond acceptors (Lipinski definition) is 5. The van der Waals surface area contributed by atoms with Crippen LogP contribution in [0.1, 0.15) is 29.6 Å². The normalized spacial score (nSPS) is 17.8. The molecule has 1 aliphatic carbocycles. The third-order valence-electron chi connectivity index (χ3n) is 6.16. The topological polar surface area (TPSA) is 79.3 Å². The number of fused-ring (bicyclic) bond motifs is 1. The molecule has 0 saturated heterocycles. The Labute approximate surface area is 193 Å². The van der Waals surface area contributed by atoms with Gasteiger partial charge >= 0.3 is 5.97 Å². The van der Waals surface area contributed by atoms with Gasteiger partial charge < -0.3 is 10.4 Å². The number of thiazole rings is 1. The highest BCUT2D eigenvalue weighted by atomic mass is 32.1. The molecule has 1 saturated carbocycles. The van der Waals surface area contributed by atoms with E-state index in [9.17, 15) is 19.1 Å². The number of carboxylic acids is 1. The molecule has 1 heterocycles. The largest absolute Gasteiger partial charge is 0.481 e. The van der Waals surface area contributed by atoms with E-state index in [0.717, 1.165) is 27.9 Å². The molecule has 0 amide bonds. The SMILES string of the molecule is O=C(O)[C@H]1CCC[C@@H]1C(=O)c1ccc(-c2ccc(Nc3nc4cc(F)ccc4s3)cc2)cc1. The van der Waals surface area contributed by atoms with Crippen LogP contribution in [-0.2, 0) is 4.79 Å². The Balaban J connectivity index is 1.29. The number of aromatic nitrogens is 1. The summed E-state index contributed by atoms with van der Waals surface area (Å²) in [4.78, 5) is 28.6. The highest BCUT2D eigenvalue weighted by molar-refractivity contribution is 7.22. The van der Waals surface area contributed by atoms with E-state index in [1.165, 1.54) is 23.5 Å². The van der Waals surface area contributed by atoms with E-state index in [4.69, 9.17) is 0 Å². The highest BCUT2D eigenvalue weighted by Crippen LogP contribution is 2.35. The van der Waals surface area contributed by atoms with Gasteiger partial charge in [-0.15, -0.1) is 0 Å². The van der Waals surface area contributed by atoms with Crippen LogP contribution in [0.25, 0.3) is 21.3 Å². The maximum absolute atomic E-state index is 13.4. The monoisotopic (exact) mass is 460 g/mol. The minimum absolute atomic E-state index is 0.0817. The van der Waals surface area contributed by atoms with Crippen molar-refractivity contribution in [2.75, 3.05) is 5.32 Å². The number of benzene rings is 3. The molecule has 0 radical (unpaired) electrons. The first-order chi connectivity index (χ1) is 16.0. The maximum Gasteiger partial charge on any atom is 0.307 e. The van der Waals surface area contributed by atoms with E-state index in [1.54, 1.807) is 18.2 Å². The van der Waals surface area contributed by atoms with Crippen LogP contribution in [0.2, 0.25) is 0 Å². The van der Waals surface area contributed by atoms with Crippen molar-refractivity contribution in [1.82, 2.24) is 4.98 Å². The van der Waals surface area contributed by atoms with Crippen molar-refractivity contribution in [1.29, 1.82) is 0 Å². The van der Waals surface area contributed by atoms with Crippen LogP contribution in [0.3, 0.4) is 0 Å². The Hall–Kier alpha value is -3.58. The molecule has 5 rings (SSSR count). The number of nitrogens with one attached hydrogen (secondary N) is 1. The van der Waals surface area contributed by atoms with Crippen molar-refractivity contribution < 1.29 is 19.1 Å². The third-order valence-corrected chi connectivity index (χ3v) is 7.11. The second-order valence-electron chi connectivity index (χ2n) is 8.26. The predicted octanol–water partition coefficient (Wildman–Crippen LogP) is 6.53. The number of nitrogens with zero attached hydrogens (tertiary/aromatic N) is 1. The van der Waals surface area contributed by atoms with Crippen molar-refractivity contribution in [2.45, 2.75) is 19.3 Å². The number of Topliss-reactive ketones (excluding diaryl/α,β-unsaturated/α-hetero) is 1. The van der Waals surface area contributed by atoms with E-state index in [0.29, 0.717) is 29.1 Å². The lowest BCUT2D eigenvalue weighted by atomic mass is 9.88. The van der Waals surface area contributed by atoms with E-state index < -0.39 is 17.8 Å². The average molecular weight is 461 g/mol. The first kappa shape index (κ1) is 21.3. The Bertz CT molecular complexity index is 1330. The molecular formula is C26H21FN2O3S. The molecule has 0 aliphatic heterocycles. The van der Waals surface area contributed by atoms with Crippen LogP contribution in [0.15, 0.2) is 66.7 Å². The Morgan fingerprint density at radius 2 is 1.61 bits per heavy atom. The summed E-state index contributed by atoms with van der Waals surface area (Å²) in [7, 11) is 0. The smallest absolute Gasteiger partial charge is 0.307 e. The molecule has 7 heteroatoms. The van der Waals surface area contributed by atoms with Crippen LogP contribution < -0.4 is 5.32 Å². The van der Waals surface area contributed by atoms with E-state index in [-0.39, 0.29) is 11.6 Å². The zero-order chi connectivity index (χ0) is 22.9. The lowest BCUT2D eigenvalue weighted by Crippen LogP contribution is -2.25. The lowest BCUT2D eigenvalue weighted by molar-refractivity contribution is -0.142. The summed E-state index contributed by atoms with van der Waals surface area (Å²) < 4.78 is 14.3. The molecule has 1 aliphatic rings. The Morgan fingerprint density at radius 1 is 0.939 bits per heavy atom. The van der Waals surface area contributed by atoms with Crippen molar-refractivity contribution in [3.05, 3.63) is 78.1 Å². The van der Waals surface area contributed by atoms with Crippen LogP contribution in [0.5, 0.6) is 0 Å². The summed E-state index contributed by atoms with van der Waals surface area (Å²) >= 11 is 1.46. The molecule has 166 valence electrons. The lowest BCUT2D eigenvalue weighted by Gasteiger charge is -2.14. The molecule has 1 aromatic heterocycles. The zero-order valence-electron chi connectivity index (χ0n) is 17.6. The first-order valence-corrected chi connectivity index (χ1v) is 11.6. The fourth-order valence-electron chi connectivity index (χ4n) is 4.43. The van der Waals surface area contributed by atoms with Gasteiger partial charge in [-0.1, -0.05) is 54.2 Å². The maximum atomic E-state index is 13.4. The highest BCUT2D eigenvalue weighted by Gasteiger charge is 2.37. The molecular weight excluding hydrogens is 439 g/mol. The molecule has 0 bridgehead atoms. The quantitative estimate of drug-likeness (QED) is 0.320. The van der Waals surface area contributed by atoms with Gasteiger partial charge in [-0.05, 0) is 48.2 Å². The fourth-order valence-corrected chi connectivity index (χ4v) is 5.30. The van der Waals surface area contributed by atoms with Crippen LogP contribution in [0, 0.1) is 17.7 Å². The van der Waals surface area contributed by atoms with Crippen LogP contribution >= 0.6 is 11.3 Å². The minimum atomic E-state index is -0.880. The summed E-state index contributed by atoms with van der Waals surface area (Å²) in [6.07, 6.45) is 1.98. The number of rotatable bonds is 6. The molecule has 3 aromatic carbocycles. The van der Waals surface area contributed by atoms with Gasteiger partial charge in [-0.3, -0.25) is 9.59 Å². The number of anilines is 2. The minimum Gasteiger partial charge on any atom is -0.481 e. The second-order valence-corrected chi connectivity index (χ2v) is 9.29. The number of ketones is 1. The fraction of sp³-hybridized carbons (Fsp3) is 0.192. The summed E-state index contributed by atoms with van der Waals surface area (Å²) in [6, 6.07) is 19.7. The van der Waals surface area contributed by atoms with Crippen molar-refractivity contribution in [3.8, 4) is 11.1 Å². The van der Waals surface area contributed by atoms with E-state index in [2.05, 4.69) is 10.3 Å². The van der Waals surface area contributed by atoms with Gasteiger partial charge in [-0.25, -0.2) is 9.37 Å². The van der Waals surface area contributed by atoms with Crippen molar-refractivity contribution in [3.63, 3.8) is 0 Å². The third kappa shape index (κ3) is 4.36. The molecule has 2 atom stereocenters. The molecule has 2 N–H and O–H groups in total. The van der Waals surface area contributed by atoms with Gasteiger partial charge in [0.1, 0.15) is 5.82 Å². The average Bonchev–Trinajstić information content (AvgIpc) is 3.46. The Kier molecular flexibility index (Phi) is 5.64. The predicted molar refractivity (Wildman–Crippen MR) is 128 cm³/mol. The van der Waals surface area contributed by atoms with Gasteiger partial charge in [0.25, 0.3) is 0 Å². The van der Waals surface area contributed by atoms with Crippen LogP contribution in [0.4, 0.5) is 15.2 Å². The van der Waals surface area contributed by atoms with Crippen LogP contribution in [-0.4, -0.2) is 21.8 Å². The van der Waals surface area contributed by atoms with E-state index in [1.807, 2.05) is 36.4 Å². The van der Waals surface area contributed by atoms with E-state index >= 15 is 0 Å². The molecule has 0 unspecified atom stereocenters. The zero-order valence-corrected chi connectivity index (χ0v) is 18.4. The molecule has 33 heavy (non-hydrogen) atoms. The number of carbonyl (C=O) groups is 2. The summed E-state index contributed by atoms with van der Waals surface area (Å²) in [5.74, 6) is -2.28. The number of hydrogen-bond donors (Lipinski definition) is 2. The summed E-state index contributed by atoms with van der Waals surface area (Å²) in [6.45, 7) is 0. The molecule has 5 nitrogen and oxygen atoms in total. The van der Waals surface area contributed by atoms with Crippen molar-refractivity contribution >= 4 is 44.1 Å². The first-order valence-electron chi connectivity index (χ1n) is 10.8. The number of carboxylic acid groups (broad SMARTS) is 1. The molecule has 0 spiro atoms. The number of halogens is 1.